The average Bonchev–Trinajstić information content (AvgIpc) is 2.46. The molecule has 64 valence electrons. The summed E-state index contributed by atoms with van der Waals surface area (Å²) in [6, 6.07) is 6.98. The molecule has 4 heteroatoms. The predicted octanol–water partition coefficient (Wildman–Crippen LogP) is 3.52. The minimum atomic E-state index is -0.206. The maximum absolute atomic E-state index is 12.9. The van der Waals surface area contributed by atoms with Crippen molar-refractivity contribution in [2.45, 2.75) is 0 Å². The first kappa shape index (κ1) is 8.91. The zero-order valence-electron chi connectivity index (χ0n) is 6.34. The van der Waals surface area contributed by atoms with Crippen LogP contribution in [0.1, 0.15) is 5.56 Å². The van der Waals surface area contributed by atoms with E-state index in [-0.39, 0.29) is 5.13 Å². The van der Waals surface area contributed by atoms with E-state index >= 15 is 0 Å². The van der Waals surface area contributed by atoms with E-state index in [0.29, 0.717) is 5.56 Å². The maximum Gasteiger partial charge on any atom is 0.177 e. The minimum Gasteiger partial charge on any atom is -0.195 e. The van der Waals surface area contributed by atoms with Crippen molar-refractivity contribution in [3.63, 3.8) is 0 Å². The van der Waals surface area contributed by atoms with E-state index in [2.05, 4.69) is 22.6 Å². The Kier molecular flexibility index (Phi) is 2.22. The summed E-state index contributed by atoms with van der Waals surface area (Å²) in [6.45, 7) is 0. The van der Waals surface area contributed by atoms with E-state index in [9.17, 15) is 4.39 Å². The molecule has 0 amide bonds. The average molecular weight is 303 g/mol. The van der Waals surface area contributed by atoms with Gasteiger partial charge in [-0.2, -0.15) is 9.65 Å². The molecule has 0 fully saturated rings. The van der Waals surface area contributed by atoms with Crippen molar-refractivity contribution in [2.75, 3.05) is 0 Å². The monoisotopic (exact) mass is 303 g/mol. The predicted molar refractivity (Wildman–Crippen MR) is 59.2 cm³/mol. The molecule has 0 saturated heterocycles. The highest BCUT2D eigenvalue weighted by Crippen LogP contribution is 2.29. The molecule has 0 unspecified atom stereocenters. The van der Waals surface area contributed by atoms with Crippen molar-refractivity contribution in [3.05, 3.63) is 32.5 Å². The first-order valence-corrected chi connectivity index (χ1v) is 5.39. The highest BCUT2D eigenvalue weighted by Gasteiger charge is 2.06. The van der Waals surface area contributed by atoms with E-state index in [4.69, 9.17) is 5.26 Å². The molecule has 0 aliphatic carbocycles. The number of nitriles is 1. The highest BCUT2D eigenvalue weighted by atomic mass is 127. The molecule has 0 bridgehead atoms. The summed E-state index contributed by atoms with van der Waals surface area (Å²) in [7, 11) is 0. The van der Waals surface area contributed by atoms with Crippen LogP contribution in [0.2, 0.25) is 0 Å². The fraction of sp³-hybridized carbons (Fsp3) is 0. The number of fused-ring (bicyclic) bond motifs is 1. The summed E-state index contributed by atoms with van der Waals surface area (Å²) < 4.78 is 14.7. The second-order valence-corrected chi connectivity index (χ2v) is 4.70. The molecule has 13 heavy (non-hydrogen) atoms. The molecular formula is C9H3FINS. The summed E-state index contributed by atoms with van der Waals surface area (Å²) in [6.07, 6.45) is 0. The molecule has 0 saturated carbocycles. The number of hydrogen-bond acceptors (Lipinski definition) is 2. The quantitative estimate of drug-likeness (QED) is 0.683. The van der Waals surface area contributed by atoms with Crippen molar-refractivity contribution in [1.29, 1.82) is 5.26 Å². The standard InChI is InChI=1S/C9H3FINS/c10-8-3-6-1-5(4-12)2-7(11)9(6)13-8/h1-3H. The number of thiophene rings is 1. The van der Waals surface area contributed by atoms with Crippen molar-refractivity contribution in [1.82, 2.24) is 0 Å². The Bertz CT molecular complexity index is 512. The minimum absolute atomic E-state index is 0.206. The lowest BCUT2D eigenvalue weighted by Gasteiger charge is -1.93. The Balaban J connectivity index is 2.85. The van der Waals surface area contributed by atoms with Gasteiger partial charge in [0.2, 0.25) is 0 Å². The molecule has 0 aliphatic heterocycles. The van der Waals surface area contributed by atoms with Gasteiger partial charge in [-0.15, -0.1) is 11.3 Å². The number of hydrogen-bond donors (Lipinski definition) is 0. The summed E-state index contributed by atoms with van der Waals surface area (Å²) >= 11 is 3.23. The summed E-state index contributed by atoms with van der Waals surface area (Å²) in [5, 5.41) is 9.29. The van der Waals surface area contributed by atoms with Gasteiger partial charge in [0.05, 0.1) is 16.3 Å². The Hall–Kier alpha value is -0.670. The summed E-state index contributed by atoms with van der Waals surface area (Å²) in [5.74, 6) is 0. The third-order valence-electron chi connectivity index (χ3n) is 1.67. The van der Waals surface area contributed by atoms with Gasteiger partial charge in [-0.05, 0) is 46.2 Å². The maximum atomic E-state index is 12.9. The number of halogens is 2. The van der Waals surface area contributed by atoms with Gasteiger partial charge in [0, 0.05) is 3.57 Å². The van der Waals surface area contributed by atoms with Crippen LogP contribution in [0.15, 0.2) is 18.2 Å². The van der Waals surface area contributed by atoms with E-state index < -0.39 is 0 Å². The van der Waals surface area contributed by atoms with Crippen LogP contribution >= 0.6 is 33.9 Å². The number of benzene rings is 1. The first-order chi connectivity index (χ1) is 6.20. The number of nitrogens with zero attached hydrogens (tertiary/aromatic N) is 1. The third-order valence-corrected chi connectivity index (χ3v) is 3.86. The van der Waals surface area contributed by atoms with Gasteiger partial charge in [0.1, 0.15) is 0 Å². The molecule has 0 radical (unpaired) electrons. The lowest BCUT2D eigenvalue weighted by molar-refractivity contribution is 0.658. The van der Waals surface area contributed by atoms with E-state index in [1.807, 2.05) is 6.07 Å². The molecule has 0 spiro atoms. The molecule has 2 aromatic rings. The normalized spacial score (nSPS) is 10.2. The molecule has 1 aromatic carbocycles. The molecule has 0 aliphatic rings. The van der Waals surface area contributed by atoms with Gasteiger partial charge >= 0.3 is 0 Å². The molecule has 1 nitrogen and oxygen atoms in total. The van der Waals surface area contributed by atoms with Crippen molar-refractivity contribution >= 4 is 44.0 Å². The SMILES string of the molecule is N#Cc1cc(I)c2sc(F)cc2c1. The fourth-order valence-corrected chi connectivity index (χ4v) is 2.89. The van der Waals surface area contributed by atoms with Crippen LogP contribution in [0.5, 0.6) is 0 Å². The molecule has 0 N–H and O–H groups in total. The summed E-state index contributed by atoms with van der Waals surface area (Å²) in [4.78, 5) is 0. The highest BCUT2D eigenvalue weighted by molar-refractivity contribution is 14.1. The Morgan fingerprint density at radius 1 is 1.38 bits per heavy atom. The van der Waals surface area contributed by atoms with Crippen LogP contribution in [-0.4, -0.2) is 0 Å². The summed E-state index contributed by atoms with van der Waals surface area (Å²) in [5.41, 5.74) is 0.578. The van der Waals surface area contributed by atoms with Crippen LogP contribution < -0.4 is 0 Å². The van der Waals surface area contributed by atoms with E-state index in [1.165, 1.54) is 6.07 Å². The van der Waals surface area contributed by atoms with Crippen LogP contribution in [-0.2, 0) is 0 Å². The molecular weight excluding hydrogens is 300 g/mol. The van der Waals surface area contributed by atoms with Crippen molar-refractivity contribution in [3.8, 4) is 6.07 Å². The Labute approximate surface area is 91.9 Å². The van der Waals surface area contributed by atoms with Gasteiger partial charge in [0.15, 0.2) is 5.13 Å². The van der Waals surface area contributed by atoms with Gasteiger partial charge in [-0.3, -0.25) is 0 Å². The smallest absolute Gasteiger partial charge is 0.177 e. The largest absolute Gasteiger partial charge is 0.195 e. The van der Waals surface area contributed by atoms with Crippen LogP contribution in [0.4, 0.5) is 4.39 Å². The second kappa shape index (κ2) is 3.24. The number of rotatable bonds is 0. The topological polar surface area (TPSA) is 23.8 Å². The van der Waals surface area contributed by atoms with Crippen molar-refractivity contribution in [2.24, 2.45) is 0 Å². The van der Waals surface area contributed by atoms with Crippen molar-refractivity contribution < 1.29 is 4.39 Å². The van der Waals surface area contributed by atoms with Crippen LogP contribution in [0, 0.1) is 20.0 Å². The fourth-order valence-electron chi connectivity index (χ4n) is 1.14. The second-order valence-electron chi connectivity index (χ2n) is 2.54. The van der Waals surface area contributed by atoms with Gasteiger partial charge in [-0.1, -0.05) is 0 Å². The van der Waals surface area contributed by atoms with Crippen LogP contribution in [0.25, 0.3) is 10.1 Å². The third kappa shape index (κ3) is 1.54. The zero-order valence-corrected chi connectivity index (χ0v) is 9.32. The van der Waals surface area contributed by atoms with E-state index in [1.54, 1.807) is 12.1 Å². The first-order valence-electron chi connectivity index (χ1n) is 3.49. The van der Waals surface area contributed by atoms with Gasteiger partial charge in [0.25, 0.3) is 0 Å². The molecule has 1 heterocycles. The van der Waals surface area contributed by atoms with E-state index in [0.717, 1.165) is 25.0 Å². The lowest BCUT2D eigenvalue weighted by atomic mass is 10.2. The Morgan fingerprint density at radius 2 is 2.15 bits per heavy atom. The molecule has 0 atom stereocenters. The Morgan fingerprint density at radius 3 is 2.85 bits per heavy atom. The van der Waals surface area contributed by atoms with Crippen LogP contribution in [0.3, 0.4) is 0 Å². The lowest BCUT2D eigenvalue weighted by Crippen LogP contribution is -1.76. The molecule has 1 aromatic heterocycles. The molecule has 2 rings (SSSR count). The van der Waals surface area contributed by atoms with Gasteiger partial charge in [-0.25, -0.2) is 0 Å². The van der Waals surface area contributed by atoms with Gasteiger partial charge < -0.3 is 0 Å². The zero-order chi connectivity index (χ0) is 9.42.